The molecule has 1 amide bonds. The summed E-state index contributed by atoms with van der Waals surface area (Å²) in [6.45, 7) is -0.635. The minimum atomic E-state index is -1.60. The molecule has 3 heterocycles. The quantitative estimate of drug-likeness (QED) is 0.204. The number of nitrogens with zero attached hydrogens (tertiary/aromatic N) is 6. The average Bonchev–Trinajstić information content (AvgIpc) is 3.70. The molecule has 43 heavy (non-hydrogen) atoms. The van der Waals surface area contributed by atoms with Crippen molar-refractivity contribution >= 4 is 5.91 Å². The van der Waals surface area contributed by atoms with E-state index in [4.69, 9.17) is 4.74 Å². The number of nitrogens with one attached hydrogen (secondary N) is 1. The van der Waals surface area contributed by atoms with Crippen LogP contribution in [0.5, 0.6) is 0 Å². The van der Waals surface area contributed by atoms with Gasteiger partial charge in [0.1, 0.15) is 41.6 Å². The van der Waals surface area contributed by atoms with E-state index in [1.165, 1.54) is 29.1 Å². The molecule has 0 radical (unpaired) electrons. The first-order valence-corrected chi connectivity index (χ1v) is 14.1. The number of ether oxygens (including phenoxy) is 1. The normalized spacial score (nSPS) is 29.3. The average molecular weight is 594 g/mol. The number of hydrogen-bond acceptors (Lipinski definition) is 10. The molecule has 1 saturated carbocycles. The Kier molecular flexibility index (Phi) is 8.27. The van der Waals surface area contributed by atoms with E-state index in [-0.39, 0.29) is 5.69 Å². The van der Waals surface area contributed by atoms with Crippen LogP contribution in [-0.2, 0) is 9.53 Å². The lowest BCUT2D eigenvalue weighted by atomic mass is 9.87. The van der Waals surface area contributed by atoms with Gasteiger partial charge in [-0.1, -0.05) is 52.9 Å². The Balaban J connectivity index is 1.18. The Morgan fingerprint density at radius 3 is 2.35 bits per heavy atom. The molecule has 0 unspecified atom stereocenters. The lowest BCUT2D eigenvalue weighted by Gasteiger charge is -2.42. The van der Waals surface area contributed by atoms with Crippen molar-refractivity contribution in [2.45, 2.75) is 67.9 Å². The number of rotatable bonds is 7. The lowest BCUT2D eigenvalue weighted by Crippen LogP contribution is -2.62. The van der Waals surface area contributed by atoms with Crippen LogP contribution in [0.25, 0.3) is 22.5 Å². The topological polar surface area (TPSA) is 181 Å². The standard InChI is InChI=1S/C29H32FN7O6/c30-18-9-4-8-17(12-18)21-14-37(35-33-21)24-26(40)23(15-38)43-28(27(24)41)29(42)31-19-10-5-11-22(25(19)39)36-13-20(32-34-36)16-6-2-1-3-7-16/h1-4,6-9,12-14,19,22-28,38-41H,5,10-11,15H2,(H,31,42)/t19-,22+,23-,24+,25+,26+,27-,28-/m1/s1. The highest BCUT2D eigenvalue weighted by molar-refractivity contribution is 5.82. The highest BCUT2D eigenvalue weighted by atomic mass is 19.1. The van der Waals surface area contributed by atoms with E-state index in [9.17, 15) is 29.6 Å². The molecule has 4 aromatic rings. The molecule has 2 aliphatic rings. The second-order valence-electron chi connectivity index (χ2n) is 10.9. The third kappa shape index (κ3) is 5.79. The van der Waals surface area contributed by atoms with Crippen molar-refractivity contribution < 1.29 is 34.3 Å². The van der Waals surface area contributed by atoms with Gasteiger partial charge in [0, 0.05) is 11.1 Å². The number of aliphatic hydroxyl groups excluding tert-OH is 4. The van der Waals surface area contributed by atoms with Crippen molar-refractivity contribution in [3.05, 3.63) is 72.8 Å². The van der Waals surface area contributed by atoms with E-state index in [0.29, 0.717) is 30.5 Å². The highest BCUT2D eigenvalue weighted by Crippen LogP contribution is 2.33. The Labute approximate surface area is 245 Å². The van der Waals surface area contributed by atoms with Crippen LogP contribution in [0.4, 0.5) is 4.39 Å². The number of carbonyl (C=O) groups is 1. The fraction of sp³-hybridized carbons (Fsp3) is 0.414. The van der Waals surface area contributed by atoms with Crippen molar-refractivity contribution in [2.75, 3.05) is 6.61 Å². The second kappa shape index (κ2) is 12.3. The molecule has 1 aliphatic carbocycles. The summed E-state index contributed by atoms with van der Waals surface area (Å²) in [5.41, 5.74) is 2.26. The molecule has 0 spiro atoms. The molecule has 1 saturated heterocycles. The minimum Gasteiger partial charge on any atom is -0.394 e. The van der Waals surface area contributed by atoms with E-state index >= 15 is 0 Å². The Bertz CT molecular complexity index is 1550. The number of amides is 1. The summed E-state index contributed by atoms with van der Waals surface area (Å²) in [6.07, 6.45) is -1.82. The second-order valence-corrected chi connectivity index (χ2v) is 10.9. The van der Waals surface area contributed by atoms with E-state index in [0.717, 1.165) is 5.56 Å². The monoisotopic (exact) mass is 593 g/mol. The maximum atomic E-state index is 13.7. The van der Waals surface area contributed by atoms with Crippen LogP contribution in [0.2, 0.25) is 0 Å². The largest absolute Gasteiger partial charge is 0.394 e. The fourth-order valence-corrected chi connectivity index (χ4v) is 5.88. The number of benzene rings is 2. The minimum absolute atomic E-state index is 0.284. The van der Waals surface area contributed by atoms with Gasteiger partial charge in [-0.25, -0.2) is 13.8 Å². The molecule has 6 rings (SSSR count). The molecule has 8 atom stereocenters. The predicted molar refractivity (Wildman–Crippen MR) is 148 cm³/mol. The van der Waals surface area contributed by atoms with E-state index in [1.54, 1.807) is 16.9 Å². The van der Waals surface area contributed by atoms with Gasteiger partial charge in [-0.15, -0.1) is 10.2 Å². The highest BCUT2D eigenvalue weighted by Gasteiger charge is 2.49. The predicted octanol–water partition coefficient (Wildman–Crippen LogP) is 0.636. The summed E-state index contributed by atoms with van der Waals surface area (Å²) in [6, 6.07) is 12.9. The first kappa shape index (κ1) is 29.0. The van der Waals surface area contributed by atoms with Crippen molar-refractivity contribution in [3.63, 3.8) is 0 Å². The van der Waals surface area contributed by atoms with E-state index in [1.807, 2.05) is 30.3 Å². The zero-order valence-electron chi connectivity index (χ0n) is 23.0. The summed E-state index contributed by atoms with van der Waals surface area (Å²) >= 11 is 0. The van der Waals surface area contributed by atoms with Crippen LogP contribution < -0.4 is 5.32 Å². The zero-order valence-corrected chi connectivity index (χ0v) is 23.0. The van der Waals surface area contributed by atoms with Crippen LogP contribution in [-0.4, -0.2) is 99.5 Å². The summed E-state index contributed by atoms with van der Waals surface area (Å²) in [7, 11) is 0. The molecule has 226 valence electrons. The van der Waals surface area contributed by atoms with Crippen LogP contribution >= 0.6 is 0 Å². The SMILES string of the molecule is O=C(N[C@@H]1CCC[C@H](n2cc(-c3ccccc3)nn2)[C@H]1O)[C@@H]1O[C@H](CO)[C@H](O)[C@H](n2cc(-c3cccc(F)c3)nn2)[C@H]1O. The van der Waals surface area contributed by atoms with Gasteiger partial charge in [0.05, 0.1) is 37.2 Å². The molecule has 2 fully saturated rings. The third-order valence-corrected chi connectivity index (χ3v) is 8.16. The van der Waals surface area contributed by atoms with Crippen LogP contribution in [0.1, 0.15) is 31.3 Å². The summed E-state index contributed by atoms with van der Waals surface area (Å²) in [5, 5.41) is 62.6. The first-order chi connectivity index (χ1) is 20.8. The number of aromatic nitrogens is 6. The van der Waals surface area contributed by atoms with Gasteiger partial charge in [-0.2, -0.15) is 0 Å². The van der Waals surface area contributed by atoms with Crippen molar-refractivity contribution in [2.24, 2.45) is 0 Å². The molecule has 14 heteroatoms. The van der Waals surface area contributed by atoms with Gasteiger partial charge in [0.25, 0.3) is 5.91 Å². The zero-order chi connectivity index (χ0) is 30.1. The Hall–Kier alpha value is -4.08. The van der Waals surface area contributed by atoms with Crippen LogP contribution in [0.15, 0.2) is 67.0 Å². The number of hydrogen-bond donors (Lipinski definition) is 5. The molecule has 0 bridgehead atoms. The van der Waals surface area contributed by atoms with Gasteiger partial charge < -0.3 is 30.5 Å². The molecule has 2 aromatic heterocycles. The number of aliphatic hydroxyl groups is 4. The molecule has 1 aliphatic heterocycles. The maximum Gasteiger partial charge on any atom is 0.252 e. The van der Waals surface area contributed by atoms with Gasteiger partial charge in [-0.05, 0) is 31.4 Å². The molecular weight excluding hydrogens is 561 g/mol. The Morgan fingerprint density at radius 2 is 1.60 bits per heavy atom. The molecular formula is C29H32FN7O6. The number of carbonyl (C=O) groups excluding carboxylic acids is 1. The summed E-state index contributed by atoms with van der Waals surface area (Å²) in [4.78, 5) is 13.5. The summed E-state index contributed by atoms with van der Waals surface area (Å²) in [5.74, 6) is -1.19. The molecule has 5 N–H and O–H groups in total. The number of halogens is 1. The summed E-state index contributed by atoms with van der Waals surface area (Å²) < 4.78 is 22.2. The molecule has 13 nitrogen and oxygen atoms in total. The molecule has 2 aromatic carbocycles. The first-order valence-electron chi connectivity index (χ1n) is 14.1. The lowest BCUT2D eigenvalue weighted by molar-refractivity contribution is -0.207. The third-order valence-electron chi connectivity index (χ3n) is 8.16. The van der Waals surface area contributed by atoms with Crippen molar-refractivity contribution in [1.82, 2.24) is 35.3 Å². The van der Waals surface area contributed by atoms with Gasteiger partial charge in [0.2, 0.25) is 0 Å². The smallest absolute Gasteiger partial charge is 0.252 e. The Morgan fingerprint density at radius 1 is 0.907 bits per heavy atom. The van der Waals surface area contributed by atoms with Gasteiger partial charge in [0.15, 0.2) is 6.10 Å². The fourth-order valence-electron chi connectivity index (χ4n) is 5.88. The maximum absolute atomic E-state index is 13.7. The van der Waals surface area contributed by atoms with Crippen molar-refractivity contribution in [3.8, 4) is 22.5 Å². The van der Waals surface area contributed by atoms with Gasteiger partial charge >= 0.3 is 0 Å². The van der Waals surface area contributed by atoms with E-state index < -0.39 is 67.0 Å². The van der Waals surface area contributed by atoms with Crippen molar-refractivity contribution in [1.29, 1.82) is 0 Å². The van der Waals surface area contributed by atoms with Gasteiger partial charge in [-0.3, -0.25) is 4.79 Å². The van der Waals surface area contributed by atoms with E-state index in [2.05, 4.69) is 25.9 Å². The van der Waals surface area contributed by atoms with Crippen LogP contribution in [0, 0.1) is 5.82 Å². The van der Waals surface area contributed by atoms with Crippen LogP contribution in [0.3, 0.4) is 0 Å².